The van der Waals surface area contributed by atoms with E-state index in [0.717, 1.165) is 0 Å². The molecule has 2 N–H and O–H groups in total. The van der Waals surface area contributed by atoms with Crippen molar-refractivity contribution in [1.82, 2.24) is 0 Å². The average Bonchev–Trinajstić information content (AvgIpc) is 2.35. The summed E-state index contributed by atoms with van der Waals surface area (Å²) in [5.74, 6) is -0.437. The number of phenols is 1. The maximum absolute atomic E-state index is 12.0. The highest BCUT2D eigenvalue weighted by Crippen LogP contribution is 2.25. The quantitative estimate of drug-likeness (QED) is 0.819. The van der Waals surface area contributed by atoms with Gasteiger partial charge in [0, 0.05) is 5.02 Å². The SMILES string of the molecule is O=C(Nc1ccccc1O)c1cc(Cl)ccc1Cl. The molecule has 5 heteroatoms. The third-order valence-electron chi connectivity index (χ3n) is 2.33. The number of hydrogen-bond acceptors (Lipinski definition) is 2. The molecule has 0 aliphatic rings. The summed E-state index contributed by atoms with van der Waals surface area (Å²) in [6, 6.07) is 11.1. The first-order chi connectivity index (χ1) is 8.58. The summed E-state index contributed by atoms with van der Waals surface area (Å²) < 4.78 is 0. The Kier molecular flexibility index (Phi) is 3.75. The van der Waals surface area contributed by atoms with Gasteiger partial charge in [0.25, 0.3) is 5.91 Å². The molecule has 0 saturated heterocycles. The second kappa shape index (κ2) is 5.29. The number of carbonyl (C=O) groups is 1. The van der Waals surface area contributed by atoms with E-state index in [1.807, 2.05) is 0 Å². The van der Waals surface area contributed by atoms with Gasteiger partial charge in [0.2, 0.25) is 0 Å². The maximum Gasteiger partial charge on any atom is 0.257 e. The van der Waals surface area contributed by atoms with Gasteiger partial charge in [-0.15, -0.1) is 0 Å². The van der Waals surface area contributed by atoms with Gasteiger partial charge in [0.1, 0.15) is 5.75 Å². The van der Waals surface area contributed by atoms with Crippen molar-refractivity contribution in [1.29, 1.82) is 0 Å². The minimum absolute atomic E-state index is 0.0102. The van der Waals surface area contributed by atoms with Crippen molar-refractivity contribution in [3.8, 4) is 5.75 Å². The van der Waals surface area contributed by atoms with Crippen LogP contribution in [0.25, 0.3) is 0 Å². The Morgan fingerprint density at radius 3 is 2.56 bits per heavy atom. The lowest BCUT2D eigenvalue weighted by Gasteiger charge is -2.08. The predicted octanol–water partition coefficient (Wildman–Crippen LogP) is 3.95. The van der Waals surface area contributed by atoms with Gasteiger partial charge >= 0.3 is 0 Å². The maximum atomic E-state index is 12.0. The van der Waals surface area contributed by atoms with Gasteiger partial charge in [-0.25, -0.2) is 0 Å². The highest BCUT2D eigenvalue weighted by atomic mass is 35.5. The number of rotatable bonds is 2. The van der Waals surface area contributed by atoms with Crippen LogP contribution in [0, 0.1) is 0 Å². The van der Waals surface area contributed by atoms with Crippen LogP contribution in [0.4, 0.5) is 5.69 Å². The minimum atomic E-state index is -0.427. The molecule has 0 unspecified atom stereocenters. The molecule has 0 atom stereocenters. The Hall–Kier alpha value is -1.71. The van der Waals surface area contributed by atoms with Crippen LogP contribution in [0.2, 0.25) is 10.0 Å². The molecule has 2 rings (SSSR count). The number of amides is 1. The van der Waals surface area contributed by atoms with E-state index >= 15 is 0 Å². The van der Waals surface area contributed by atoms with E-state index in [2.05, 4.69) is 5.32 Å². The third-order valence-corrected chi connectivity index (χ3v) is 2.89. The molecule has 18 heavy (non-hydrogen) atoms. The van der Waals surface area contributed by atoms with Crippen molar-refractivity contribution in [2.75, 3.05) is 5.32 Å². The van der Waals surface area contributed by atoms with Crippen molar-refractivity contribution >= 4 is 34.8 Å². The van der Waals surface area contributed by atoms with E-state index in [4.69, 9.17) is 23.2 Å². The first kappa shape index (κ1) is 12.7. The molecule has 0 saturated carbocycles. The number of nitrogens with one attached hydrogen (secondary N) is 1. The Bertz CT molecular complexity index is 599. The van der Waals surface area contributed by atoms with Crippen molar-refractivity contribution in [3.63, 3.8) is 0 Å². The van der Waals surface area contributed by atoms with E-state index in [1.165, 1.54) is 12.1 Å². The van der Waals surface area contributed by atoms with E-state index < -0.39 is 5.91 Å². The summed E-state index contributed by atoms with van der Waals surface area (Å²) in [5, 5.41) is 12.8. The largest absolute Gasteiger partial charge is 0.506 e. The molecule has 92 valence electrons. The molecule has 3 nitrogen and oxygen atoms in total. The van der Waals surface area contributed by atoms with Gasteiger partial charge < -0.3 is 10.4 Å². The molecular weight excluding hydrogens is 273 g/mol. The summed E-state index contributed by atoms with van der Waals surface area (Å²) in [6.45, 7) is 0. The molecular formula is C13H9Cl2NO2. The normalized spacial score (nSPS) is 10.1. The fraction of sp³-hybridized carbons (Fsp3) is 0. The lowest BCUT2D eigenvalue weighted by Crippen LogP contribution is -2.12. The summed E-state index contributed by atoms with van der Waals surface area (Å²) in [5.41, 5.74) is 0.575. The van der Waals surface area contributed by atoms with Gasteiger partial charge in [-0.2, -0.15) is 0 Å². The van der Waals surface area contributed by atoms with Crippen LogP contribution in [-0.4, -0.2) is 11.0 Å². The van der Waals surface area contributed by atoms with Crippen LogP contribution < -0.4 is 5.32 Å². The van der Waals surface area contributed by atoms with Crippen molar-refractivity contribution < 1.29 is 9.90 Å². The van der Waals surface area contributed by atoms with Gasteiger partial charge in [-0.1, -0.05) is 35.3 Å². The molecule has 0 fully saturated rings. The number of halogens is 2. The molecule has 0 aromatic heterocycles. The number of benzene rings is 2. The van der Waals surface area contributed by atoms with Gasteiger partial charge in [-0.05, 0) is 30.3 Å². The fourth-order valence-electron chi connectivity index (χ4n) is 1.44. The zero-order chi connectivity index (χ0) is 13.1. The lowest BCUT2D eigenvalue weighted by atomic mass is 10.2. The fourth-order valence-corrected chi connectivity index (χ4v) is 1.82. The average molecular weight is 282 g/mol. The summed E-state index contributed by atoms with van der Waals surface area (Å²) in [6.07, 6.45) is 0. The zero-order valence-electron chi connectivity index (χ0n) is 9.15. The van der Waals surface area contributed by atoms with Crippen LogP contribution in [0.15, 0.2) is 42.5 Å². The second-order valence-electron chi connectivity index (χ2n) is 3.60. The number of carbonyl (C=O) groups excluding carboxylic acids is 1. The minimum Gasteiger partial charge on any atom is -0.506 e. The standard InChI is InChI=1S/C13H9Cl2NO2/c14-8-5-6-10(15)9(7-8)13(18)16-11-3-1-2-4-12(11)17/h1-7,17H,(H,16,18). The predicted molar refractivity (Wildman–Crippen MR) is 72.5 cm³/mol. The van der Waals surface area contributed by atoms with E-state index in [-0.39, 0.29) is 11.3 Å². The monoisotopic (exact) mass is 281 g/mol. The molecule has 2 aromatic rings. The summed E-state index contributed by atoms with van der Waals surface area (Å²) in [7, 11) is 0. The zero-order valence-corrected chi connectivity index (χ0v) is 10.7. The van der Waals surface area contributed by atoms with Crippen molar-refractivity contribution in [2.24, 2.45) is 0 Å². The molecule has 2 aromatic carbocycles. The smallest absolute Gasteiger partial charge is 0.257 e. The molecule has 0 spiro atoms. The second-order valence-corrected chi connectivity index (χ2v) is 4.44. The Morgan fingerprint density at radius 1 is 1.11 bits per heavy atom. The highest BCUT2D eigenvalue weighted by Gasteiger charge is 2.12. The Morgan fingerprint density at radius 2 is 1.83 bits per heavy atom. The number of phenolic OH excluding ortho intramolecular Hbond substituents is 1. The van der Waals surface area contributed by atoms with Crippen LogP contribution in [0.1, 0.15) is 10.4 Å². The van der Waals surface area contributed by atoms with Crippen molar-refractivity contribution in [3.05, 3.63) is 58.1 Å². The molecule has 0 heterocycles. The molecule has 0 bridgehead atoms. The highest BCUT2D eigenvalue weighted by molar-refractivity contribution is 6.36. The topological polar surface area (TPSA) is 49.3 Å². The van der Waals surface area contributed by atoms with Gasteiger partial charge in [0.15, 0.2) is 0 Å². The third kappa shape index (κ3) is 2.75. The number of anilines is 1. The number of aromatic hydroxyl groups is 1. The molecule has 0 aliphatic heterocycles. The summed E-state index contributed by atoms with van der Waals surface area (Å²) >= 11 is 11.7. The first-order valence-corrected chi connectivity index (χ1v) is 5.88. The first-order valence-electron chi connectivity index (χ1n) is 5.12. The van der Waals surface area contributed by atoms with Crippen LogP contribution in [0.5, 0.6) is 5.75 Å². The van der Waals surface area contributed by atoms with Crippen LogP contribution in [0.3, 0.4) is 0 Å². The molecule has 0 aliphatic carbocycles. The number of hydrogen-bond donors (Lipinski definition) is 2. The lowest BCUT2D eigenvalue weighted by molar-refractivity contribution is 0.102. The molecule has 1 amide bonds. The van der Waals surface area contributed by atoms with Gasteiger partial charge in [0.05, 0.1) is 16.3 Å². The Labute approximate surface area is 114 Å². The number of para-hydroxylation sites is 2. The van der Waals surface area contributed by atoms with Crippen LogP contribution >= 0.6 is 23.2 Å². The van der Waals surface area contributed by atoms with E-state index in [1.54, 1.807) is 30.3 Å². The van der Waals surface area contributed by atoms with E-state index in [0.29, 0.717) is 15.7 Å². The summed E-state index contributed by atoms with van der Waals surface area (Å²) in [4.78, 5) is 12.0. The van der Waals surface area contributed by atoms with Crippen LogP contribution in [-0.2, 0) is 0 Å². The van der Waals surface area contributed by atoms with Gasteiger partial charge in [-0.3, -0.25) is 4.79 Å². The molecule has 0 radical (unpaired) electrons. The van der Waals surface area contributed by atoms with E-state index in [9.17, 15) is 9.90 Å². The van der Waals surface area contributed by atoms with Crippen molar-refractivity contribution in [2.45, 2.75) is 0 Å². The Balaban J connectivity index is 2.28.